The molecule has 0 atom stereocenters. The van der Waals surface area contributed by atoms with E-state index in [1.54, 1.807) is 12.1 Å². The molecule has 0 spiro atoms. The summed E-state index contributed by atoms with van der Waals surface area (Å²) < 4.78 is 13.2. The van der Waals surface area contributed by atoms with Crippen molar-refractivity contribution in [1.29, 1.82) is 0 Å². The van der Waals surface area contributed by atoms with E-state index in [9.17, 15) is 9.18 Å². The summed E-state index contributed by atoms with van der Waals surface area (Å²) in [7, 11) is 0. The largest absolute Gasteiger partial charge is 0.326 e. The predicted octanol–water partition coefficient (Wildman–Crippen LogP) is 5.37. The minimum absolute atomic E-state index is 0.00213. The second kappa shape index (κ2) is 7.56. The van der Waals surface area contributed by atoms with Crippen LogP contribution in [-0.4, -0.2) is 17.4 Å². The first-order chi connectivity index (χ1) is 14.7. The molecule has 4 nitrogen and oxygen atoms in total. The number of amides is 1. The summed E-state index contributed by atoms with van der Waals surface area (Å²) in [5, 5.41) is 3.00. The van der Waals surface area contributed by atoms with Gasteiger partial charge in [0.15, 0.2) is 0 Å². The van der Waals surface area contributed by atoms with Crippen molar-refractivity contribution in [2.75, 3.05) is 16.8 Å². The fourth-order valence-corrected chi connectivity index (χ4v) is 4.61. The topological polar surface area (TPSA) is 45.2 Å². The molecule has 1 aliphatic carbocycles. The van der Waals surface area contributed by atoms with Gasteiger partial charge in [0, 0.05) is 24.1 Å². The highest BCUT2D eigenvalue weighted by atomic mass is 19.1. The zero-order valence-corrected chi connectivity index (χ0v) is 16.8. The summed E-state index contributed by atoms with van der Waals surface area (Å²) in [6.07, 6.45) is 6.59. The highest BCUT2D eigenvalue weighted by Crippen LogP contribution is 2.46. The summed E-state index contributed by atoms with van der Waals surface area (Å²) in [6, 6.07) is 18.4. The number of aryl methyl sites for hydroxylation is 1. The van der Waals surface area contributed by atoms with Crippen LogP contribution in [0, 0.1) is 5.82 Å². The van der Waals surface area contributed by atoms with Gasteiger partial charge in [-0.05, 0) is 79.3 Å². The predicted molar refractivity (Wildman–Crippen MR) is 117 cm³/mol. The molecule has 5 rings (SSSR count). The van der Waals surface area contributed by atoms with Gasteiger partial charge in [0.1, 0.15) is 11.6 Å². The Morgan fingerprint density at radius 3 is 2.57 bits per heavy atom. The molecule has 1 fully saturated rings. The van der Waals surface area contributed by atoms with Crippen LogP contribution in [0.2, 0.25) is 0 Å². The smallest absolute Gasteiger partial charge is 0.235 e. The van der Waals surface area contributed by atoms with Crippen LogP contribution < -0.4 is 10.2 Å². The second-order valence-electron chi connectivity index (χ2n) is 8.18. The number of fused-ring (bicyclic) bond motifs is 1. The number of halogens is 1. The van der Waals surface area contributed by atoms with Crippen molar-refractivity contribution < 1.29 is 9.18 Å². The van der Waals surface area contributed by atoms with E-state index in [0.717, 1.165) is 50.0 Å². The quantitative estimate of drug-likeness (QED) is 0.640. The van der Waals surface area contributed by atoms with Crippen molar-refractivity contribution in [3.05, 3.63) is 83.8 Å². The number of carbonyl (C=O) groups is 1. The van der Waals surface area contributed by atoms with Crippen LogP contribution in [0.3, 0.4) is 0 Å². The molecule has 30 heavy (non-hydrogen) atoms. The Hall–Kier alpha value is -3.21. The third-order valence-corrected chi connectivity index (χ3v) is 6.42. The summed E-state index contributed by atoms with van der Waals surface area (Å²) in [5.74, 6) is 0.648. The molecule has 0 unspecified atom stereocenters. The number of rotatable bonds is 4. The van der Waals surface area contributed by atoms with E-state index >= 15 is 0 Å². The third kappa shape index (κ3) is 3.24. The van der Waals surface area contributed by atoms with Crippen molar-refractivity contribution >= 4 is 23.1 Å². The number of nitrogens with zero attached hydrogens (tertiary/aromatic N) is 2. The van der Waals surface area contributed by atoms with Crippen LogP contribution in [-0.2, 0) is 16.6 Å². The molecule has 1 aromatic heterocycles. The van der Waals surface area contributed by atoms with Gasteiger partial charge < -0.3 is 10.2 Å². The lowest BCUT2D eigenvalue weighted by Gasteiger charge is -2.41. The van der Waals surface area contributed by atoms with Crippen molar-refractivity contribution in [1.82, 2.24) is 4.98 Å². The molecule has 2 aliphatic rings. The molecule has 0 radical (unpaired) electrons. The summed E-state index contributed by atoms with van der Waals surface area (Å²) in [5.41, 5.74) is 3.65. The van der Waals surface area contributed by atoms with Crippen LogP contribution >= 0.6 is 0 Å². The Morgan fingerprint density at radius 1 is 1.03 bits per heavy atom. The van der Waals surface area contributed by atoms with Crippen LogP contribution in [0.25, 0.3) is 0 Å². The highest BCUT2D eigenvalue weighted by molar-refractivity contribution is 6.00. The second-order valence-corrected chi connectivity index (χ2v) is 8.18. The number of pyridine rings is 1. The number of carbonyl (C=O) groups excluding carboxylic acids is 1. The Bertz CT molecular complexity index is 1060. The summed E-state index contributed by atoms with van der Waals surface area (Å²) in [6.45, 7) is 0.944. The molecular weight excluding hydrogens is 377 g/mol. The maximum Gasteiger partial charge on any atom is 0.235 e. The van der Waals surface area contributed by atoms with Crippen LogP contribution in [0.15, 0.2) is 66.9 Å². The van der Waals surface area contributed by atoms with Crippen LogP contribution in [0.1, 0.15) is 36.8 Å². The number of aromatic nitrogens is 1. The lowest BCUT2D eigenvalue weighted by molar-refractivity contribution is -0.124. The Labute approximate surface area is 175 Å². The van der Waals surface area contributed by atoms with E-state index < -0.39 is 5.41 Å². The van der Waals surface area contributed by atoms with E-state index in [1.807, 2.05) is 24.4 Å². The molecule has 3 aromatic rings. The fourth-order valence-electron chi connectivity index (χ4n) is 4.61. The third-order valence-electron chi connectivity index (χ3n) is 6.42. The van der Waals surface area contributed by atoms with Crippen LogP contribution in [0.5, 0.6) is 0 Å². The molecule has 1 aliphatic heterocycles. The van der Waals surface area contributed by atoms with Crippen molar-refractivity contribution in [2.24, 2.45) is 0 Å². The van der Waals surface area contributed by atoms with Gasteiger partial charge >= 0.3 is 0 Å². The normalized spacial score (nSPS) is 17.0. The molecule has 0 saturated heterocycles. The SMILES string of the molecule is O=C(Nc1ccc(F)cc1)C1(c2ccc3c(c2)CCCN3c2ccccn2)CCC1. The zero-order chi connectivity index (χ0) is 20.6. The van der Waals surface area contributed by atoms with Gasteiger partial charge in [-0.1, -0.05) is 24.6 Å². The molecule has 1 amide bonds. The molecule has 2 heterocycles. The van der Waals surface area contributed by atoms with Crippen LogP contribution in [0.4, 0.5) is 21.6 Å². The van der Waals surface area contributed by atoms with Crippen molar-refractivity contribution in [2.45, 2.75) is 37.5 Å². The van der Waals surface area contributed by atoms with Gasteiger partial charge in [-0.15, -0.1) is 0 Å². The molecule has 1 N–H and O–H groups in total. The molecule has 2 aromatic carbocycles. The van der Waals surface area contributed by atoms with Crippen molar-refractivity contribution in [3.63, 3.8) is 0 Å². The molecular formula is C25H24FN3O. The summed E-state index contributed by atoms with van der Waals surface area (Å²) >= 11 is 0. The fraction of sp³-hybridized carbons (Fsp3) is 0.280. The first kappa shape index (κ1) is 18.8. The Balaban J connectivity index is 1.44. The molecule has 5 heteroatoms. The first-order valence-corrected chi connectivity index (χ1v) is 10.5. The average Bonchev–Trinajstić information content (AvgIpc) is 2.75. The molecule has 1 saturated carbocycles. The number of hydrogen-bond acceptors (Lipinski definition) is 3. The van der Waals surface area contributed by atoms with E-state index in [4.69, 9.17) is 0 Å². The lowest BCUT2D eigenvalue weighted by atomic mass is 9.63. The maximum atomic E-state index is 13.2. The van der Waals surface area contributed by atoms with Gasteiger partial charge in [-0.25, -0.2) is 9.37 Å². The lowest BCUT2D eigenvalue weighted by Crippen LogP contribution is -2.46. The van der Waals surface area contributed by atoms with E-state index in [1.165, 1.54) is 23.4 Å². The first-order valence-electron chi connectivity index (χ1n) is 10.5. The number of benzene rings is 2. The van der Waals surface area contributed by atoms with Gasteiger partial charge in [0.25, 0.3) is 0 Å². The highest BCUT2D eigenvalue weighted by Gasteiger charge is 2.46. The molecule has 0 bridgehead atoms. The maximum absolute atomic E-state index is 13.2. The van der Waals surface area contributed by atoms with E-state index in [-0.39, 0.29) is 11.7 Å². The average molecular weight is 401 g/mol. The number of anilines is 3. The number of hydrogen-bond donors (Lipinski definition) is 1. The Morgan fingerprint density at radius 2 is 1.87 bits per heavy atom. The monoisotopic (exact) mass is 401 g/mol. The minimum atomic E-state index is -0.503. The van der Waals surface area contributed by atoms with Crippen molar-refractivity contribution in [3.8, 4) is 0 Å². The van der Waals surface area contributed by atoms with E-state index in [2.05, 4.69) is 33.4 Å². The Kier molecular flexibility index (Phi) is 4.74. The summed E-state index contributed by atoms with van der Waals surface area (Å²) in [4.78, 5) is 20.0. The molecule has 152 valence electrons. The van der Waals surface area contributed by atoms with Gasteiger partial charge in [0.05, 0.1) is 5.41 Å². The van der Waals surface area contributed by atoms with E-state index in [0.29, 0.717) is 5.69 Å². The zero-order valence-electron chi connectivity index (χ0n) is 16.8. The number of nitrogens with one attached hydrogen (secondary N) is 1. The van der Waals surface area contributed by atoms with Gasteiger partial charge in [-0.2, -0.15) is 0 Å². The van der Waals surface area contributed by atoms with Gasteiger partial charge in [-0.3, -0.25) is 4.79 Å². The standard InChI is InChI=1S/C25H24FN3O/c26-20-8-10-21(11-9-20)28-24(30)25(13-4-14-25)19-7-12-22-18(17-19)5-3-16-29(22)23-6-1-2-15-27-23/h1-2,6-12,15,17H,3-5,13-14,16H2,(H,28,30). The minimum Gasteiger partial charge on any atom is -0.326 e. The van der Waals surface area contributed by atoms with Gasteiger partial charge in [0.2, 0.25) is 5.91 Å².